The van der Waals surface area contributed by atoms with E-state index in [2.05, 4.69) is 15.3 Å². The summed E-state index contributed by atoms with van der Waals surface area (Å²) < 4.78 is 13.9. The lowest BCUT2D eigenvalue weighted by Crippen LogP contribution is -2.17. The number of amides is 1. The largest absolute Gasteiger partial charge is 0.382 e. The van der Waals surface area contributed by atoms with Crippen molar-refractivity contribution in [2.45, 2.75) is 13.8 Å². The number of carbonyl (C=O) groups excluding carboxylic acids is 2. The van der Waals surface area contributed by atoms with Gasteiger partial charge in [-0.1, -0.05) is 29.8 Å². The molecule has 3 aromatic rings. The van der Waals surface area contributed by atoms with Crippen molar-refractivity contribution >= 4 is 23.2 Å². The number of benzene rings is 2. The Morgan fingerprint density at radius 2 is 1.81 bits per heavy atom. The average molecular weight is 364 g/mol. The van der Waals surface area contributed by atoms with E-state index >= 15 is 0 Å². The Labute approximate surface area is 155 Å². The first kappa shape index (κ1) is 18.2. The summed E-state index contributed by atoms with van der Waals surface area (Å²) in [5.74, 6) is -1.77. The summed E-state index contributed by atoms with van der Waals surface area (Å²) in [6.07, 6.45) is 1.48. The van der Waals surface area contributed by atoms with Gasteiger partial charge in [-0.15, -0.1) is 0 Å². The van der Waals surface area contributed by atoms with Crippen LogP contribution in [0.3, 0.4) is 0 Å². The minimum Gasteiger partial charge on any atom is -0.382 e. The lowest BCUT2D eigenvalue weighted by atomic mass is 10.1. The summed E-state index contributed by atoms with van der Waals surface area (Å²) >= 11 is 0. The Bertz CT molecular complexity index is 1030. The molecular formula is C20H17FN4O2. The van der Waals surface area contributed by atoms with Crippen LogP contribution in [0.4, 0.5) is 15.9 Å². The molecule has 3 N–H and O–H groups in total. The number of nitrogens with one attached hydrogen (secondary N) is 1. The average Bonchev–Trinajstić information content (AvgIpc) is 2.62. The van der Waals surface area contributed by atoms with Crippen LogP contribution in [0.1, 0.15) is 33.3 Å². The van der Waals surface area contributed by atoms with Gasteiger partial charge < -0.3 is 11.1 Å². The highest BCUT2D eigenvalue weighted by Crippen LogP contribution is 2.21. The molecule has 0 saturated carbocycles. The topological polar surface area (TPSA) is 98.0 Å². The molecule has 6 nitrogen and oxygen atoms in total. The molecule has 0 radical (unpaired) electrons. The molecule has 7 heteroatoms. The van der Waals surface area contributed by atoms with Crippen LogP contribution in [0.25, 0.3) is 11.3 Å². The van der Waals surface area contributed by atoms with Crippen molar-refractivity contribution in [2.75, 3.05) is 11.1 Å². The Morgan fingerprint density at radius 3 is 2.44 bits per heavy atom. The van der Waals surface area contributed by atoms with Crippen LogP contribution in [0.15, 0.2) is 48.7 Å². The Hall–Kier alpha value is -3.61. The SMILES string of the molecule is CC(=O)c1ccc(NC(=O)c2nc(-c3ccc(C)cc3)cnc2N)cc1F. The van der Waals surface area contributed by atoms with Crippen molar-refractivity contribution in [2.24, 2.45) is 0 Å². The Morgan fingerprint density at radius 1 is 1.11 bits per heavy atom. The molecule has 2 aromatic carbocycles. The van der Waals surface area contributed by atoms with Gasteiger partial charge in [0.25, 0.3) is 5.91 Å². The third-order valence-electron chi connectivity index (χ3n) is 3.97. The molecule has 0 atom stereocenters. The quantitative estimate of drug-likeness (QED) is 0.689. The number of Topliss-reactive ketones (excluding diaryl/α,β-unsaturated/α-hetero) is 1. The van der Waals surface area contributed by atoms with Gasteiger partial charge in [0.15, 0.2) is 17.3 Å². The first-order valence-electron chi connectivity index (χ1n) is 8.16. The summed E-state index contributed by atoms with van der Waals surface area (Å²) in [5.41, 5.74) is 8.24. The first-order chi connectivity index (χ1) is 12.8. The molecule has 27 heavy (non-hydrogen) atoms. The lowest BCUT2D eigenvalue weighted by Gasteiger charge is -2.09. The van der Waals surface area contributed by atoms with Crippen molar-refractivity contribution < 1.29 is 14.0 Å². The zero-order valence-corrected chi connectivity index (χ0v) is 14.8. The summed E-state index contributed by atoms with van der Waals surface area (Å²) in [4.78, 5) is 32.1. The number of aromatic nitrogens is 2. The molecule has 0 saturated heterocycles. The van der Waals surface area contributed by atoms with Gasteiger partial charge in [0.05, 0.1) is 17.5 Å². The summed E-state index contributed by atoms with van der Waals surface area (Å²) in [6, 6.07) is 11.4. The zero-order valence-electron chi connectivity index (χ0n) is 14.8. The number of nitrogens with zero attached hydrogens (tertiary/aromatic N) is 2. The molecule has 1 amide bonds. The summed E-state index contributed by atoms with van der Waals surface area (Å²) in [5, 5.41) is 2.52. The summed E-state index contributed by atoms with van der Waals surface area (Å²) in [6.45, 7) is 3.23. The van der Waals surface area contributed by atoms with Crippen LogP contribution in [0.2, 0.25) is 0 Å². The predicted octanol–water partition coefficient (Wildman–Crippen LogP) is 3.63. The maximum atomic E-state index is 13.9. The number of rotatable bonds is 4. The molecule has 0 aliphatic carbocycles. The second-order valence-corrected chi connectivity index (χ2v) is 6.06. The predicted molar refractivity (Wildman–Crippen MR) is 101 cm³/mol. The molecular weight excluding hydrogens is 347 g/mol. The maximum Gasteiger partial charge on any atom is 0.278 e. The van der Waals surface area contributed by atoms with E-state index < -0.39 is 17.5 Å². The monoisotopic (exact) mass is 364 g/mol. The lowest BCUT2D eigenvalue weighted by molar-refractivity contribution is 0.101. The van der Waals surface area contributed by atoms with Crippen LogP contribution >= 0.6 is 0 Å². The number of aryl methyl sites for hydroxylation is 1. The number of anilines is 2. The molecule has 0 fully saturated rings. The second kappa shape index (κ2) is 7.33. The molecule has 0 spiro atoms. The number of hydrogen-bond donors (Lipinski definition) is 2. The molecule has 0 unspecified atom stereocenters. The molecule has 0 aliphatic heterocycles. The van der Waals surface area contributed by atoms with Crippen LogP contribution in [-0.2, 0) is 0 Å². The van der Waals surface area contributed by atoms with Crippen molar-refractivity contribution in [3.8, 4) is 11.3 Å². The maximum absolute atomic E-state index is 13.9. The van der Waals surface area contributed by atoms with Crippen LogP contribution in [-0.4, -0.2) is 21.7 Å². The smallest absolute Gasteiger partial charge is 0.278 e. The van der Waals surface area contributed by atoms with E-state index in [0.717, 1.165) is 17.2 Å². The van der Waals surface area contributed by atoms with Crippen molar-refractivity contribution in [3.63, 3.8) is 0 Å². The Kier molecular flexibility index (Phi) is 4.94. The van der Waals surface area contributed by atoms with Crippen molar-refractivity contribution in [1.82, 2.24) is 9.97 Å². The minimum absolute atomic E-state index is 0.0378. The van der Waals surface area contributed by atoms with Crippen LogP contribution < -0.4 is 11.1 Å². The number of nitrogen functional groups attached to an aromatic ring is 1. The fraction of sp³-hybridized carbons (Fsp3) is 0.100. The van der Waals surface area contributed by atoms with E-state index in [1.165, 1.54) is 25.3 Å². The number of carbonyl (C=O) groups is 2. The number of halogens is 1. The van der Waals surface area contributed by atoms with Crippen LogP contribution in [0.5, 0.6) is 0 Å². The van der Waals surface area contributed by atoms with Gasteiger partial charge in [0.1, 0.15) is 5.82 Å². The van der Waals surface area contributed by atoms with Gasteiger partial charge >= 0.3 is 0 Å². The van der Waals surface area contributed by atoms with E-state index in [-0.39, 0.29) is 22.8 Å². The highest BCUT2D eigenvalue weighted by molar-refractivity contribution is 6.06. The zero-order chi connectivity index (χ0) is 19.6. The van der Waals surface area contributed by atoms with Gasteiger partial charge in [-0.05, 0) is 32.0 Å². The first-order valence-corrected chi connectivity index (χ1v) is 8.16. The molecule has 1 aromatic heterocycles. The van der Waals surface area contributed by atoms with E-state index in [1.54, 1.807) is 0 Å². The van der Waals surface area contributed by atoms with E-state index in [0.29, 0.717) is 5.69 Å². The number of hydrogen-bond acceptors (Lipinski definition) is 5. The summed E-state index contributed by atoms with van der Waals surface area (Å²) in [7, 11) is 0. The van der Waals surface area contributed by atoms with Crippen LogP contribution in [0, 0.1) is 12.7 Å². The normalized spacial score (nSPS) is 10.5. The van der Waals surface area contributed by atoms with Crippen molar-refractivity contribution in [1.29, 1.82) is 0 Å². The highest BCUT2D eigenvalue weighted by Gasteiger charge is 2.16. The standard InChI is InChI=1S/C20H17FN4O2/c1-11-3-5-13(6-4-11)17-10-23-19(22)18(25-17)20(27)24-14-7-8-15(12(2)26)16(21)9-14/h3-10H,1-2H3,(H2,22,23)(H,24,27). The molecule has 136 valence electrons. The molecule has 0 aliphatic rings. The van der Waals surface area contributed by atoms with Gasteiger partial charge in [-0.2, -0.15) is 0 Å². The number of nitrogens with two attached hydrogens (primary N) is 1. The van der Waals surface area contributed by atoms with Gasteiger partial charge in [0.2, 0.25) is 0 Å². The van der Waals surface area contributed by atoms with Crippen molar-refractivity contribution in [3.05, 3.63) is 71.3 Å². The third kappa shape index (κ3) is 3.98. The van der Waals surface area contributed by atoms with E-state index in [4.69, 9.17) is 5.73 Å². The highest BCUT2D eigenvalue weighted by atomic mass is 19.1. The fourth-order valence-corrected chi connectivity index (χ4v) is 2.50. The van der Waals surface area contributed by atoms with Gasteiger partial charge in [-0.25, -0.2) is 14.4 Å². The molecule has 1 heterocycles. The Balaban J connectivity index is 1.88. The molecule has 3 rings (SSSR count). The molecule has 0 bridgehead atoms. The van der Waals surface area contributed by atoms with Gasteiger partial charge in [-0.3, -0.25) is 9.59 Å². The number of ketones is 1. The van der Waals surface area contributed by atoms with E-state index in [9.17, 15) is 14.0 Å². The fourth-order valence-electron chi connectivity index (χ4n) is 2.50. The second-order valence-electron chi connectivity index (χ2n) is 6.06. The third-order valence-corrected chi connectivity index (χ3v) is 3.97. The van der Waals surface area contributed by atoms with Gasteiger partial charge in [0, 0.05) is 11.3 Å². The van der Waals surface area contributed by atoms with E-state index in [1.807, 2.05) is 31.2 Å². The minimum atomic E-state index is -0.715.